The van der Waals surface area contributed by atoms with Crippen molar-refractivity contribution in [1.82, 2.24) is 10.3 Å². The van der Waals surface area contributed by atoms with Crippen LogP contribution in [0.1, 0.15) is 19.4 Å². The summed E-state index contributed by atoms with van der Waals surface area (Å²) in [4.78, 5) is 27.6. The van der Waals surface area contributed by atoms with Crippen LogP contribution in [0.25, 0.3) is 10.9 Å². The van der Waals surface area contributed by atoms with Gasteiger partial charge in [0, 0.05) is 36.1 Å². The molecule has 0 fully saturated rings. The molecular weight excluding hydrogens is 342 g/mol. The second kappa shape index (κ2) is 8.40. The first kappa shape index (κ1) is 18.5. The summed E-state index contributed by atoms with van der Waals surface area (Å²) in [6.07, 6.45) is 2.27. The van der Waals surface area contributed by atoms with E-state index in [9.17, 15) is 9.59 Å². The minimum atomic E-state index is -0.673. The highest BCUT2D eigenvalue weighted by atomic mass is 16.5. The van der Waals surface area contributed by atoms with Crippen LogP contribution in [0.5, 0.6) is 5.75 Å². The lowest BCUT2D eigenvalue weighted by Gasteiger charge is -2.17. The summed E-state index contributed by atoms with van der Waals surface area (Å²) >= 11 is 0. The van der Waals surface area contributed by atoms with Crippen molar-refractivity contribution >= 4 is 28.4 Å². The summed E-state index contributed by atoms with van der Waals surface area (Å²) in [6.45, 7) is 3.91. The average molecular weight is 365 g/mol. The molecule has 27 heavy (non-hydrogen) atoms. The Labute approximate surface area is 157 Å². The van der Waals surface area contributed by atoms with Crippen LogP contribution in [0.3, 0.4) is 0 Å². The third kappa shape index (κ3) is 4.67. The van der Waals surface area contributed by atoms with Gasteiger partial charge in [-0.3, -0.25) is 9.59 Å². The van der Waals surface area contributed by atoms with Crippen molar-refractivity contribution in [2.45, 2.75) is 26.3 Å². The number of rotatable bonds is 7. The third-order valence-electron chi connectivity index (χ3n) is 4.23. The average Bonchev–Trinajstić information content (AvgIpc) is 3.06. The van der Waals surface area contributed by atoms with Crippen molar-refractivity contribution in [2.24, 2.45) is 0 Å². The Hall–Kier alpha value is -3.28. The fourth-order valence-electron chi connectivity index (χ4n) is 3.01. The zero-order chi connectivity index (χ0) is 19.2. The van der Waals surface area contributed by atoms with Gasteiger partial charge in [-0.2, -0.15) is 0 Å². The first-order chi connectivity index (χ1) is 13.1. The number of amides is 2. The Morgan fingerprint density at radius 1 is 1.11 bits per heavy atom. The molecule has 0 saturated carbocycles. The number of anilines is 1. The van der Waals surface area contributed by atoms with Gasteiger partial charge in [0.05, 0.1) is 6.61 Å². The molecule has 1 atom stereocenters. The Morgan fingerprint density at radius 2 is 1.85 bits per heavy atom. The van der Waals surface area contributed by atoms with Crippen LogP contribution in [0.2, 0.25) is 0 Å². The number of nitrogens with one attached hydrogen (secondary N) is 3. The highest BCUT2D eigenvalue weighted by Gasteiger charge is 2.21. The van der Waals surface area contributed by atoms with Gasteiger partial charge in [-0.1, -0.05) is 18.2 Å². The first-order valence-corrected chi connectivity index (χ1v) is 8.92. The fraction of sp³-hybridized carbons (Fsp3) is 0.238. The topological polar surface area (TPSA) is 83.2 Å². The van der Waals surface area contributed by atoms with Crippen LogP contribution in [-0.2, 0) is 16.0 Å². The van der Waals surface area contributed by atoms with E-state index in [0.717, 1.165) is 22.2 Å². The van der Waals surface area contributed by atoms with Crippen molar-refractivity contribution in [1.29, 1.82) is 0 Å². The maximum absolute atomic E-state index is 12.8. The maximum atomic E-state index is 12.8. The molecule has 3 aromatic rings. The summed E-state index contributed by atoms with van der Waals surface area (Å²) in [5.74, 6) is 0.231. The number of hydrogen-bond donors (Lipinski definition) is 3. The van der Waals surface area contributed by atoms with Crippen molar-refractivity contribution < 1.29 is 14.3 Å². The van der Waals surface area contributed by atoms with Crippen LogP contribution in [0.4, 0.5) is 5.69 Å². The second-order valence-corrected chi connectivity index (χ2v) is 6.26. The normalized spacial score (nSPS) is 11.8. The molecule has 0 bridgehead atoms. The first-order valence-electron chi connectivity index (χ1n) is 8.92. The number of ether oxygens (including phenoxy) is 1. The van der Waals surface area contributed by atoms with E-state index in [1.54, 1.807) is 24.3 Å². The third-order valence-corrected chi connectivity index (χ3v) is 4.23. The molecule has 140 valence electrons. The van der Waals surface area contributed by atoms with E-state index in [1.165, 1.54) is 6.92 Å². The predicted molar refractivity (Wildman–Crippen MR) is 106 cm³/mol. The zero-order valence-electron chi connectivity index (χ0n) is 15.4. The van der Waals surface area contributed by atoms with E-state index in [0.29, 0.717) is 18.7 Å². The number of carbonyl (C=O) groups excluding carboxylic acids is 2. The molecule has 1 unspecified atom stereocenters. The summed E-state index contributed by atoms with van der Waals surface area (Å²) in [6, 6.07) is 14.4. The zero-order valence-corrected chi connectivity index (χ0v) is 15.4. The van der Waals surface area contributed by atoms with E-state index in [2.05, 4.69) is 15.6 Å². The van der Waals surface area contributed by atoms with Gasteiger partial charge < -0.3 is 20.4 Å². The monoisotopic (exact) mass is 365 g/mol. The quantitative estimate of drug-likeness (QED) is 0.601. The number of para-hydroxylation sites is 1. The van der Waals surface area contributed by atoms with Gasteiger partial charge >= 0.3 is 0 Å². The fourth-order valence-corrected chi connectivity index (χ4v) is 3.01. The van der Waals surface area contributed by atoms with E-state index in [-0.39, 0.29) is 11.8 Å². The molecule has 2 amide bonds. The molecule has 1 heterocycles. The van der Waals surface area contributed by atoms with E-state index in [1.807, 2.05) is 37.4 Å². The summed E-state index contributed by atoms with van der Waals surface area (Å²) in [5, 5.41) is 6.65. The number of H-pyrrole nitrogens is 1. The molecule has 0 aliphatic heterocycles. The predicted octanol–water partition coefficient (Wildman–Crippen LogP) is 3.25. The summed E-state index contributed by atoms with van der Waals surface area (Å²) in [5.41, 5.74) is 2.63. The van der Waals surface area contributed by atoms with E-state index < -0.39 is 6.04 Å². The molecule has 3 N–H and O–H groups in total. The molecule has 0 spiro atoms. The van der Waals surface area contributed by atoms with Crippen LogP contribution in [0, 0.1) is 0 Å². The number of aromatic amines is 1. The number of carbonyl (C=O) groups is 2. The Balaban J connectivity index is 1.75. The Bertz CT molecular complexity index is 931. The largest absolute Gasteiger partial charge is 0.494 e. The van der Waals surface area contributed by atoms with Gasteiger partial charge in [0.2, 0.25) is 11.8 Å². The highest BCUT2D eigenvalue weighted by Crippen LogP contribution is 2.20. The van der Waals surface area contributed by atoms with Gasteiger partial charge in [0.25, 0.3) is 0 Å². The van der Waals surface area contributed by atoms with Crippen molar-refractivity contribution in [3.05, 3.63) is 60.3 Å². The van der Waals surface area contributed by atoms with Crippen LogP contribution >= 0.6 is 0 Å². The second-order valence-electron chi connectivity index (χ2n) is 6.26. The molecule has 1 aromatic heterocycles. The van der Waals surface area contributed by atoms with Crippen molar-refractivity contribution in [2.75, 3.05) is 11.9 Å². The Morgan fingerprint density at radius 3 is 2.56 bits per heavy atom. The molecule has 6 heteroatoms. The highest BCUT2D eigenvalue weighted by molar-refractivity contribution is 5.97. The smallest absolute Gasteiger partial charge is 0.247 e. The lowest BCUT2D eigenvalue weighted by Crippen LogP contribution is -2.44. The molecule has 0 aliphatic carbocycles. The minimum Gasteiger partial charge on any atom is -0.494 e. The van der Waals surface area contributed by atoms with Gasteiger partial charge in [-0.15, -0.1) is 0 Å². The van der Waals surface area contributed by atoms with E-state index >= 15 is 0 Å². The van der Waals surface area contributed by atoms with Gasteiger partial charge in [0.1, 0.15) is 11.8 Å². The minimum absolute atomic E-state index is 0.248. The molecule has 0 radical (unpaired) electrons. The molecule has 3 rings (SSSR count). The SMILES string of the molecule is CCOc1ccc(NC(=O)C(Cc2c[nH]c3ccccc23)NC(C)=O)cc1. The van der Waals surface area contributed by atoms with Gasteiger partial charge in [-0.05, 0) is 42.8 Å². The van der Waals surface area contributed by atoms with E-state index in [4.69, 9.17) is 4.74 Å². The maximum Gasteiger partial charge on any atom is 0.247 e. The van der Waals surface area contributed by atoms with Crippen molar-refractivity contribution in [3.63, 3.8) is 0 Å². The van der Waals surface area contributed by atoms with Crippen molar-refractivity contribution in [3.8, 4) is 5.75 Å². The number of hydrogen-bond acceptors (Lipinski definition) is 3. The number of benzene rings is 2. The molecule has 0 aliphatic rings. The lowest BCUT2D eigenvalue weighted by atomic mass is 10.0. The molecule has 0 saturated heterocycles. The number of fused-ring (bicyclic) bond motifs is 1. The van der Waals surface area contributed by atoms with Gasteiger partial charge in [-0.25, -0.2) is 0 Å². The molecular formula is C21H23N3O3. The number of aromatic nitrogens is 1. The van der Waals surface area contributed by atoms with Crippen LogP contribution < -0.4 is 15.4 Å². The summed E-state index contributed by atoms with van der Waals surface area (Å²) < 4.78 is 5.40. The van der Waals surface area contributed by atoms with Gasteiger partial charge in [0.15, 0.2) is 0 Å². The van der Waals surface area contributed by atoms with Crippen LogP contribution in [0.15, 0.2) is 54.7 Å². The Kier molecular flexibility index (Phi) is 5.76. The molecule has 6 nitrogen and oxygen atoms in total. The standard InChI is InChI=1S/C21H23N3O3/c1-3-27-17-10-8-16(9-11-17)24-21(26)20(23-14(2)25)12-15-13-22-19-7-5-4-6-18(15)19/h4-11,13,20,22H,3,12H2,1-2H3,(H,23,25)(H,24,26). The lowest BCUT2D eigenvalue weighted by molar-refractivity contribution is -0.125. The molecule has 2 aromatic carbocycles. The summed E-state index contributed by atoms with van der Waals surface area (Å²) in [7, 11) is 0. The van der Waals surface area contributed by atoms with Crippen LogP contribution in [-0.4, -0.2) is 29.4 Å².